The Morgan fingerprint density at radius 3 is 2.30 bits per heavy atom. The van der Waals surface area contributed by atoms with Crippen LogP contribution in [-0.2, 0) is 25.2 Å². The van der Waals surface area contributed by atoms with Crippen LogP contribution in [0.3, 0.4) is 0 Å². The van der Waals surface area contributed by atoms with Crippen molar-refractivity contribution < 1.29 is 28.5 Å². The first-order chi connectivity index (χ1) is 21.5. The first-order valence-corrected chi connectivity index (χ1v) is 21.9. The fourth-order valence-electron chi connectivity index (χ4n) is 6.68. The predicted molar refractivity (Wildman–Crippen MR) is 200 cm³/mol. The zero-order valence-corrected chi connectivity index (χ0v) is 33.8. The molecule has 0 amide bonds. The molecule has 1 spiro atoms. The lowest BCUT2D eigenvalue weighted by molar-refractivity contribution is -0.349. The Labute approximate surface area is 296 Å². The Morgan fingerprint density at radius 2 is 1.74 bits per heavy atom. The summed E-state index contributed by atoms with van der Waals surface area (Å²) in [6, 6.07) is 8.07. The Kier molecular flexibility index (Phi) is 15.1. The average molecular weight is 773 g/mol. The third-order valence-corrected chi connectivity index (χ3v) is 15.8. The molecule has 46 heavy (non-hydrogen) atoms. The SMILES string of the molecule is CC[C@H](C[C@@H]1OC2(CC[C@@H]1C)C[C@H](O)[C@H](C)[C@H](C[C@@H](O[Si](C)(C)C(C)(C)C)[C@H](/C=C/I)CC(C)C)O2)OCc1ccc(OC)cc1. The summed E-state index contributed by atoms with van der Waals surface area (Å²) < 4.78 is 35.1. The van der Waals surface area contributed by atoms with E-state index < -0.39 is 20.2 Å². The monoisotopic (exact) mass is 772 g/mol. The first-order valence-electron chi connectivity index (χ1n) is 17.8. The van der Waals surface area contributed by atoms with Gasteiger partial charge in [0.1, 0.15) is 5.75 Å². The number of ether oxygens (including phenoxy) is 4. The molecule has 3 rings (SSSR count). The van der Waals surface area contributed by atoms with Crippen molar-refractivity contribution in [3.05, 3.63) is 40.0 Å². The number of methoxy groups -OCH3 is 1. The third kappa shape index (κ3) is 11.0. The molecule has 0 aliphatic carbocycles. The first kappa shape index (κ1) is 39.9. The molecule has 2 heterocycles. The lowest BCUT2D eigenvalue weighted by Gasteiger charge is -2.52. The van der Waals surface area contributed by atoms with Gasteiger partial charge in [0.25, 0.3) is 0 Å². The predicted octanol–water partition coefficient (Wildman–Crippen LogP) is 10.1. The van der Waals surface area contributed by atoms with E-state index in [-0.39, 0.29) is 41.3 Å². The average Bonchev–Trinajstić information content (AvgIpc) is 2.98. The van der Waals surface area contributed by atoms with E-state index >= 15 is 0 Å². The van der Waals surface area contributed by atoms with E-state index in [1.807, 2.05) is 12.1 Å². The molecule has 0 aromatic heterocycles. The molecule has 1 aromatic rings. The minimum atomic E-state index is -2.07. The maximum Gasteiger partial charge on any atom is 0.192 e. The molecule has 2 fully saturated rings. The number of hydrogen-bond donors (Lipinski definition) is 1. The van der Waals surface area contributed by atoms with E-state index in [1.165, 1.54) is 0 Å². The van der Waals surface area contributed by atoms with Gasteiger partial charge in [0.2, 0.25) is 0 Å². The van der Waals surface area contributed by atoms with Crippen LogP contribution in [0, 0.1) is 23.7 Å². The Hall–Kier alpha value is -0.493. The number of hydrogen-bond acceptors (Lipinski definition) is 6. The quantitative estimate of drug-likeness (QED) is 0.142. The van der Waals surface area contributed by atoms with Crippen molar-refractivity contribution in [1.29, 1.82) is 0 Å². The van der Waals surface area contributed by atoms with Crippen LogP contribution in [0.25, 0.3) is 0 Å². The zero-order valence-electron chi connectivity index (χ0n) is 30.7. The van der Waals surface area contributed by atoms with Gasteiger partial charge >= 0.3 is 0 Å². The van der Waals surface area contributed by atoms with Gasteiger partial charge in [-0.15, -0.1) is 0 Å². The standard InChI is InChI=1S/C38H65IO6Si/c1-12-31(42-25-29-13-15-32(41-9)16-14-29)22-34-27(4)17-19-38(43-34)24-33(40)28(5)35(44-38)23-36(30(18-20-39)21-26(2)3)45-46(10,11)37(6,7)8/h13-16,18,20,26-28,30-31,33-36,40H,12,17,19,21-25H2,1-11H3/b20-18+/t27-,28-,30+,31+,33-,34-,35-,36+,38?/m0/s1. The van der Waals surface area contributed by atoms with E-state index in [1.54, 1.807) is 7.11 Å². The molecule has 0 saturated carbocycles. The van der Waals surface area contributed by atoms with Crippen molar-refractivity contribution in [2.75, 3.05) is 7.11 Å². The Morgan fingerprint density at radius 1 is 1.09 bits per heavy atom. The highest BCUT2D eigenvalue weighted by atomic mass is 127. The second-order valence-corrected chi connectivity index (χ2v) is 21.5. The Bertz CT molecular complexity index is 1070. The van der Waals surface area contributed by atoms with Crippen molar-refractivity contribution in [3.63, 3.8) is 0 Å². The highest BCUT2D eigenvalue weighted by Crippen LogP contribution is 2.46. The van der Waals surface area contributed by atoms with Gasteiger partial charge in [0, 0.05) is 31.1 Å². The van der Waals surface area contributed by atoms with Crippen molar-refractivity contribution in [2.24, 2.45) is 23.7 Å². The zero-order chi connectivity index (χ0) is 34.3. The summed E-state index contributed by atoms with van der Waals surface area (Å²) in [6.45, 7) is 23.4. The van der Waals surface area contributed by atoms with Crippen molar-refractivity contribution in [2.45, 2.75) is 161 Å². The molecule has 0 radical (unpaired) electrons. The molecule has 6 nitrogen and oxygen atoms in total. The molecule has 1 unspecified atom stereocenters. The fourth-order valence-corrected chi connectivity index (χ4v) is 8.60. The lowest BCUT2D eigenvalue weighted by atomic mass is 9.79. The van der Waals surface area contributed by atoms with Gasteiger partial charge < -0.3 is 28.5 Å². The lowest BCUT2D eigenvalue weighted by Crippen LogP contribution is -2.57. The van der Waals surface area contributed by atoms with Gasteiger partial charge in [-0.1, -0.05) is 96.2 Å². The normalized spacial score (nSPS) is 29.7. The van der Waals surface area contributed by atoms with Crippen LogP contribution in [0.4, 0.5) is 0 Å². The van der Waals surface area contributed by atoms with Gasteiger partial charge in [-0.25, -0.2) is 0 Å². The van der Waals surface area contributed by atoms with E-state index in [0.29, 0.717) is 24.9 Å². The van der Waals surface area contributed by atoms with E-state index in [4.69, 9.17) is 23.4 Å². The fraction of sp³-hybridized carbons (Fsp3) is 0.789. The summed E-state index contributed by atoms with van der Waals surface area (Å²) in [5.41, 5.74) is 1.13. The topological polar surface area (TPSA) is 66.4 Å². The maximum atomic E-state index is 11.5. The number of halogens is 1. The molecule has 0 bridgehead atoms. The van der Waals surface area contributed by atoms with Crippen molar-refractivity contribution in [1.82, 2.24) is 0 Å². The molecule has 9 atom stereocenters. The summed E-state index contributed by atoms with van der Waals surface area (Å²) in [5, 5.41) is 11.6. The van der Waals surface area contributed by atoms with Gasteiger partial charge in [0.05, 0.1) is 44.2 Å². The second-order valence-electron chi connectivity index (χ2n) is 16.1. The summed E-state index contributed by atoms with van der Waals surface area (Å²) in [6.07, 6.45) is 7.60. The largest absolute Gasteiger partial charge is 0.497 e. The van der Waals surface area contributed by atoms with Crippen LogP contribution in [0.2, 0.25) is 18.1 Å². The molecule has 1 aromatic carbocycles. The van der Waals surface area contributed by atoms with Crippen LogP contribution in [0.15, 0.2) is 34.4 Å². The Balaban J connectivity index is 1.78. The number of benzene rings is 1. The summed E-state index contributed by atoms with van der Waals surface area (Å²) in [4.78, 5) is 0. The second kappa shape index (κ2) is 17.4. The summed E-state index contributed by atoms with van der Waals surface area (Å²) in [7, 11) is -0.385. The van der Waals surface area contributed by atoms with Crippen molar-refractivity contribution >= 4 is 30.9 Å². The smallest absolute Gasteiger partial charge is 0.192 e. The van der Waals surface area contributed by atoms with Gasteiger partial charge in [0.15, 0.2) is 14.1 Å². The molecular weight excluding hydrogens is 707 g/mol. The molecule has 2 aliphatic rings. The van der Waals surface area contributed by atoms with Crippen LogP contribution < -0.4 is 4.74 Å². The van der Waals surface area contributed by atoms with Crippen molar-refractivity contribution in [3.8, 4) is 5.75 Å². The molecule has 8 heteroatoms. The van der Waals surface area contributed by atoms with Crippen LogP contribution in [0.5, 0.6) is 5.75 Å². The maximum absolute atomic E-state index is 11.5. The van der Waals surface area contributed by atoms with Gasteiger partial charge in [-0.2, -0.15) is 0 Å². The molecule has 2 aliphatic heterocycles. The summed E-state index contributed by atoms with van der Waals surface area (Å²) >= 11 is 2.34. The molecule has 1 N–H and O–H groups in total. The van der Waals surface area contributed by atoms with E-state index in [0.717, 1.165) is 49.8 Å². The molecule has 2 saturated heterocycles. The summed E-state index contributed by atoms with van der Waals surface area (Å²) in [5.74, 6) is 1.29. The molecular formula is C38H65IO6Si. The number of aliphatic hydroxyl groups is 1. The van der Waals surface area contributed by atoms with E-state index in [2.05, 4.69) is 113 Å². The number of aliphatic hydroxyl groups excluding tert-OH is 1. The highest BCUT2D eigenvalue weighted by molar-refractivity contribution is 14.1. The van der Waals surface area contributed by atoms with Gasteiger partial charge in [-0.3, -0.25) is 0 Å². The van der Waals surface area contributed by atoms with Gasteiger partial charge in [-0.05, 0) is 77.4 Å². The minimum Gasteiger partial charge on any atom is -0.497 e. The number of rotatable bonds is 15. The third-order valence-electron chi connectivity index (χ3n) is 10.9. The van der Waals surface area contributed by atoms with Crippen LogP contribution in [0.1, 0.15) is 106 Å². The van der Waals surface area contributed by atoms with E-state index in [9.17, 15) is 5.11 Å². The van der Waals surface area contributed by atoms with Crippen LogP contribution >= 0.6 is 22.6 Å². The molecule has 264 valence electrons. The minimum absolute atomic E-state index is 0.00274. The highest BCUT2D eigenvalue weighted by Gasteiger charge is 2.51. The van der Waals surface area contributed by atoms with Crippen LogP contribution in [-0.4, -0.2) is 56.8 Å².